The third kappa shape index (κ3) is 5.29. The Morgan fingerprint density at radius 1 is 1.10 bits per heavy atom. The van der Waals surface area contributed by atoms with Crippen LogP contribution in [0.5, 0.6) is 0 Å². The van der Waals surface area contributed by atoms with Gasteiger partial charge in [-0.15, -0.1) is 10.2 Å². The number of aromatic nitrogens is 2. The van der Waals surface area contributed by atoms with Gasteiger partial charge in [0.25, 0.3) is 11.5 Å². The molecule has 2 heterocycles. The van der Waals surface area contributed by atoms with Crippen LogP contribution in [0.1, 0.15) is 28.3 Å². The number of aliphatic hydroxyl groups is 1. The third-order valence-corrected chi connectivity index (χ3v) is 8.17. The minimum absolute atomic E-state index is 0.0955. The van der Waals surface area contributed by atoms with Crippen molar-refractivity contribution >= 4 is 51.4 Å². The molecule has 1 unspecified atom stereocenters. The van der Waals surface area contributed by atoms with Gasteiger partial charge < -0.3 is 5.11 Å². The summed E-state index contributed by atoms with van der Waals surface area (Å²) in [5, 5.41) is 31.0. The maximum Gasteiger partial charge on any atom is 0.301 e. The van der Waals surface area contributed by atoms with E-state index in [4.69, 9.17) is 0 Å². The second-order valence-corrected chi connectivity index (χ2v) is 10.8. The van der Waals surface area contributed by atoms with E-state index in [9.17, 15) is 29.2 Å². The summed E-state index contributed by atoms with van der Waals surface area (Å²) in [4.78, 5) is 38.6. The number of thioether (sulfide) groups is 1. The first-order valence-electron chi connectivity index (χ1n) is 11.6. The van der Waals surface area contributed by atoms with Crippen molar-refractivity contribution < 1.29 is 24.0 Å². The van der Waals surface area contributed by atoms with Crippen LogP contribution in [0.2, 0.25) is 0 Å². The Morgan fingerprint density at radius 3 is 2.51 bits per heavy atom. The predicted octanol–water partition coefficient (Wildman–Crippen LogP) is 5.81. The highest BCUT2D eigenvalue weighted by atomic mass is 32.2. The molecule has 5 rings (SSSR count). The van der Waals surface area contributed by atoms with Crippen molar-refractivity contribution in [1.82, 2.24) is 10.2 Å². The number of aryl methyl sites for hydroxylation is 1. The number of carbonyl (C=O) groups is 2. The summed E-state index contributed by atoms with van der Waals surface area (Å²) < 4.78 is 13.7. The molecule has 1 aliphatic rings. The standard InChI is InChI=1S/C27H19FN4O5S2/c1-15-5-9-17(10-6-15)23(33)21-22(18-3-2-4-20(13-18)32(36)37)31(25(35)24(21)34)26-29-30-27(39-26)38-14-16-7-11-19(28)12-8-16/h2-13,22,33H,14H2,1H3/b23-21-. The SMILES string of the molecule is Cc1ccc(/C(O)=C2/C(=O)C(=O)N(c3nnc(SCc4ccc(F)cc4)s3)C2c2cccc([N+](=O)[O-])c2)cc1. The Kier molecular flexibility index (Phi) is 7.22. The number of hydrogen-bond donors (Lipinski definition) is 1. The molecule has 0 saturated carbocycles. The topological polar surface area (TPSA) is 127 Å². The molecule has 1 aromatic heterocycles. The van der Waals surface area contributed by atoms with Crippen molar-refractivity contribution in [3.63, 3.8) is 0 Å². The lowest BCUT2D eigenvalue weighted by Crippen LogP contribution is -2.29. The summed E-state index contributed by atoms with van der Waals surface area (Å²) in [7, 11) is 0. The lowest BCUT2D eigenvalue weighted by molar-refractivity contribution is -0.384. The highest BCUT2D eigenvalue weighted by Crippen LogP contribution is 2.44. The maximum atomic E-state index is 13.3. The van der Waals surface area contributed by atoms with Gasteiger partial charge in [0, 0.05) is 23.4 Å². The molecular formula is C27H19FN4O5S2. The zero-order chi connectivity index (χ0) is 27.7. The maximum absolute atomic E-state index is 13.3. The molecule has 0 spiro atoms. The molecule has 3 aromatic carbocycles. The number of halogens is 1. The molecule has 1 saturated heterocycles. The Bertz CT molecular complexity index is 1620. The molecule has 1 amide bonds. The van der Waals surface area contributed by atoms with E-state index in [0.29, 0.717) is 15.7 Å². The van der Waals surface area contributed by atoms with Gasteiger partial charge in [-0.1, -0.05) is 77.2 Å². The summed E-state index contributed by atoms with van der Waals surface area (Å²) in [5.41, 5.74) is 1.92. The van der Waals surface area contributed by atoms with E-state index < -0.39 is 28.4 Å². The number of benzene rings is 3. The van der Waals surface area contributed by atoms with Crippen molar-refractivity contribution in [1.29, 1.82) is 0 Å². The summed E-state index contributed by atoms with van der Waals surface area (Å²) in [5.74, 6) is -2.16. The molecule has 0 radical (unpaired) electrons. The van der Waals surface area contributed by atoms with Gasteiger partial charge >= 0.3 is 5.91 Å². The van der Waals surface area contributed by atoms with Crippen molar-refractivity contribution in [3.05, 3.63) is 117 Å². The molecule has 196 valence electrons. The summed E-state index contributed by atoms with van der Waals surface area (Å²) in [6.45, 7) is 1.87. The minimum Gasteiger partial charge on any atom is -0.507 e. The third-order valence-electron chi connectivity index (χ3n) is 6.04. The van der Waals surface area contributed by atoms with Gasteiger partial charge in [-0.2, -0.15) is 0 Å². The van der Waals surface area contributed by atoms with Crippen molar-refractivity contribution in [3.8, 4) is 0 Å². The van der Waals surface area contributed by atoms with E-state index in [1.54, 1.807) is 42.5 Å². The van der Waals surface area contributed by atoms with Gasteiger partial charge in [0.05, 0.1) is 16.5 Å². The quantitative estimate of drug-likeness (QED) is 0.0569. The van der Waals surface area contributed by atoms with Gasteiger partial charge in [0.1, 0.15) is 11.6 Å². The van der Waals surface area contributed by atoms with Crippen molar-refractivity contribution in [2.24, 2.45) is 0 Å². The molecule has 39 heavy (non-hydrogen) atoms. The molecule has 1 fully saturated rings. The molecule has 4 aromatic rings. The van der Waals surface area contributed by atoms with Gasteiger partial charge in [0.15, 0.2) is 4.34 Å². The molecule has 1 N–H and O–H groups in total. The van der Waals surface area contributed by atoms with Crippen LogP contribution in [0.25, 0.3) is 5.76 Å². The van der Waals surface area contributed by atoms with Crippen molar-refractivity contribution in [2.45, 2.75) is 23.1 Å². The number of hydrogen-bond acceptors (Lipinski definition) is 9. The van der Waals surface area contributed by atoms with Gasteiger partial charge in [-0.05, 0) is 30.2 Å². The second-order valence-electron chi connectivity index (χ2n) is 8.65. The molecule has 1 atom stereocenters. The first-order valence-corrected chi connectivity index (χ1v) is 13.4. The fourth-order valence-corrected chi connectivity index (χ4v) is 5.93. The number of nitro benzene ring substituents is 1. The molecule has 12 heteroatoms. The number of nitrogens with zero attached hydrogens (tertiary/aromatic N) is 4. The van der Waals surface area contributed by atoms with E-state index in [2.05, 4.69) is 10.2 Å². The number of ketones is 1. The summed E-state index contributed by atoms with van der Waals surface area (Å²) in [6.07, 6.45) is 0. The first kappa shape index (κ1) is 26.2. The molecular weight excluding hydrogens is 543 g/mol. The summed E-state index contributed by atoms with van der Waals surface area (Å²) >= 11 is 2.38. The van der Waals surface area contributed by atoms with Crippen LogP contribution in [-0.2, 0) is 15.3 Å². The van der Waals surface area contributed by atoms with Crippen molar-refractivity contribution in [2.75, 3.05) is 4.90 Å². The van der Waals surface area contributed by atoms with Crippen LogP contribution in [0.4, 0.5) is 15.2 Å². The number of carbonyl (C=O) groups excluding carboxylic acids is 2. The fraction of sp³-hybridized carbons (Fsp3) is 0.111. The molecule has 0 aliphatic carbocycles. The minimum atomic E-state index is -1.17. The smallest absolute Gasteiger partial charge is 0.301 e. The van der Waals surface area contributed by atoms with Gasteiger partial charge in [-0.3, -0.25) is 24.6 Å². The Balaban J connectivity index is 1.56. The van der Waals surface area contributed by atoms with E-state index >= 15 is 0 Å². The predicted molar refractivity (Wildman–Crippen MR) is 145 cm³/mol. The highest BCUT2D eigenvalue weighted by Gasteiger charge is 2.48. The van der Waals surface area contributed by atoms with E-state index in [-0.39, 0.29) is 27.8 Å². The van der Waals surface area contributed by atoms with Crippen LogP contribution in [0, 0.1) is 22.9 Å². The first-order chi connectivity index (χ1) is 18.7. The zero-order valence-electron chi connectivity index (χ0n) is 20.3. The number of anilines is 1. The molecule has 9 nitrogen and oxygen atoms in total. The largest absolute Gasteiger partial charge is 0.507 e. The number of nitro groups is 1. The van der Waals surface area contributed by atoms with Crippen LogP contribution in [0.3, 0.4) is 0 Å². The van der Waals surface area contributed by atoms with E-state index in [1.165, 1.54) is 42.1 Å². The second kappa shape index (κ2) is 10.8. The lowest BCUT2D eigenvalue weighted by atomic mass is 9.95. The number of aliphatic hydroxyl groups excluding tert-OH is 1. The normalized spacial score (nSPS) is 16.6. The number of Topliss-reactive ketones (excluding diaryl/α,β-unsaturated/α-hetero) is 1. The summed E-state index contributed by atoms with van der Waals surface area (Å²) in [6, 6.07) is 17.1. The fourth-order valence-electron chi connectivity index (χ4n) is 4.10. The Labute approximate surface area is 229 Å². The van der Waals surface area contributed by atoms with Crippen LogP contribution >= 0.6 is 23.1 Å². The Hall–Kier alpha value is -4.42. The zero-order valence-corrected chi connectivity index (χ0v) is 21.9. The van der Waals surface area contributed by atoms with E-state index in [1.807, 2.05) is 6.92 Å². The van der Waals surface area contributed by atoms with Crippen LogP contribution < -0.4 is 4.90 Å². The average molecular weight is 563 g/mol. The highest BCUT2D eigenvalue weighted by molar-refractivity contribution is 8.00. The molecule has 1 aliphatic heterocycles. The van der Waals surface area contributed by atoms with Gasteiger partial charge in [-0.25, -0.2) is 4.39 Å². The molecule has 0 bridgehead atoms. The van der Waals surface area contributed by atoms with Crippen LogP contribution in [0.15, 0.2) is 82.7 Å². The number of rotatable bonds is 7. The monoisotopic (exact) mass is 562 g/mol. The Morgan fingerprint density at radius 2 is 1.82 bits per heavy atom. The van der Waals surface area contributed by atoms with Gasteiger partial charge in [0.2, 0.25) is 5.13 Å². The lowest BCUT2D eigenvalue weighted by Gasteiger charge is -2.22. The number of non-ortho nitro benzene ring substituents is 1. The number of amides is 1. The average Bonchev–Trinajstić information content (AvgIpc) is 3.50. The van der Waals surface area contributed by atoms with E-state index in [0.717, 1.165) is 27.4 Å². The van der Waals surface area contributed by atoms with Crippen LogP contribution in [-0.4, -0.2) is 31.9 Å².